The summed E-state index contributed by atoms with van der Waals surface area (Å²) in [5, 5.41) is 12.8. The highest BCUT2D eigenvalue weighted by Gasteiger charge is 2.15. The van der Waals surface area contributed by atoms with Gasteiger partial charge in [-0.05, 0) is 24.3 Å². The number of nitrogens with zero attached hydrogens (tertiary/aromatic N) is 1. The highest BCUT2D eigenvalue weighted by Crippen LogP contribution is 2.17. The number of carbonyl (C=O) groups excluding carboxylic acids is 1. The first-order chi connectivity index (χ1) is 9.49. The number of nitro benzene ring substituents is 1. The Balaban J connectivity index is 2.19. The minimum Gasteiger partial charge on any atom is -0.322 e. The predicted octanol–water partition coefficient (Wildman–Crippen LogP) is 3.13. The van der Waals surface area contributed by atoms with Gasteiger partial charge in [-0.25, -0.2) is 8.78 Å². The molecule has 0 aromatic heterocycles. The maximum Gasteiger partial charge on any atom is 0.269 e. The van der Waals surface area contributed by atoms with Crippen molar-refractivity contribution in [3.63, 3.8) is 0 Å². The summed E-state index contributed by atoms with van der Waals surface area (Å²) in [6.45, 7) is 0. The van der Waals surface area contributed by atoms with Crippen LogP contribution in [0.2, 0.25) is 0 Å². The molecule has 2 aromatic rings. The zero-order chi connectivity index (χ0) is 14.7. The van der Waals surface area contributed by atoms with Gasteiger partial charge in [0, 0.05) is 17.8 Å². The maximum atomic E-state index is 13.4. The molecule has 2 aromatic carbocycles. The highest BCUT2D eigenvalue weighted by atomic mass is 19.2. The molecule has 7 heteroatoms. The first-order valence-electron chi connectivity index (χ1n) is 5.49. The standard InChI is InChI=1S/C13H8F2N2O3/c14-11-3-1-2-10(12(11)15)13(18)16-8-4-6-9(7-5-8)17(19)20/h1-7H,(H,16,18). The van der Waals surface area contributed by atoms with E-state index in [9.17, 15) is 23.7 Å². The third-order valence-corrected chi connectivity index (χ3v) is 2.53. The topological polar surface area (TPSA) is 72.2 Å². The van der Waals surface area contributed by atoms with Crippen LogP contribution in [0.15, 0.2) is 42.5 Å². The van der Waals surface area contributed by atoms with Crippen molar-refractivity contribution in [1.29, 1.82) is 0 Å². The van der Waals surface area contributed by atoms with Crippen molar-refractivity contribution in [2.45, 2.75) is 0 Å². The van der Waals surface area contributed by atoms with Crippen molar-refractivity contribution in [1.82, 2.24) is 0 Å². The van der Waals surface area contributed by atoms with E-state index in [1.165, 1.54) is 30.3 Å². The van der Waals surface area contributed by atoms with Crippen molar-refractivity contribution in [2.75, 3.05) is 5.32 Å². The van der Waals surface area contributed by atoms with Crippen LogP contribution in [0.3, 0.4) is 0 Å². The maximum absolute atomic E-state index is 13.4. The zero-order valence-corrected chi connectivity index (χ0v) is 9.97. The second-order valence-corrected chi connectivity index (χ2v) is 3.86. The molecular weight excluding hydrogens is 270 g/mol. The Hall–Kier alpha value is -2.83. The van der Waals surface area contributed by atoms with Crippen LogP contribution in [0, 0.1) is 21.7 Å². The lowest BCUT2D eigenvalue weighted by molar-refractivity contribution is -0.384. The summed E-state index contributed by atoms with van der Waals surface area (Å²) in [7, 11) is 0. The zero-order valence-electron chi connectivity index (χ0n) is 9.97. The summed E-state index contributed by atoms with van der Waals surface area (Å²) in [5.41, 5.74) is -0.340. The van der Waals surface area contributed by atoms with Gasteiger partial charge in [-0.1, -0.05) is 6.07 Å². The summed E-state index contributed by atoms with van der Waals surface area (Å²) >= 11 is 0. The quantitative estimate of drug-likeness (QED) is 0.692. The Morgan fingerprint density at radius 2 is 1.75 bits per heavy atom. The van der Waals surface area contributed by atoms with Crippen LogP contribution in [0.25, 0.3) is 0 Å². The molecule has 5 nitrogen and oxygen atoms in total. The first-order valence-corrected chi connectivity index (χ1v) is 5.49. The number of benzene rings is 2. The summed E-state index contributed by atoms with van der Waals surface area (Å²) in [6.07, 6.45) is 0. The van der Waals surface area contributed by atoms with Gasteiger partial charge in [0.15, 0.2) is 11.6 Å². The molecule has 0 fully saturated rings. The second kappa shape index (κ2) is 5.43. The molecule has 0 heterocycles. The average Bonchev–Trinajstić information content (AvgIpc) is 2.42. The van der Waals surface area contributed by atoms with Crippen molar-refractivity contribution >= 4 is 17.3 Å². The van der Waals surface area contributed by atoms with E-state index < -0.39 is 28.0 Å². The normalized spacial score (nSPS) is 10.1. The van der Waals surface area contributed by atoms with Crippen LogP contribution >= 0.6 is 0 Å². The lowest BCUT2D eigenvalue weighted by Crippen LogP contribution is -2.14. The molecule has 2 rings (SSSR count). The molecule has 1 amide bonds. The number of anilines is 1. The average molecular weight is 278 g/mol. The minimum atomic E-state index is -1.24. The molecule has 0 saturated heterocycles. The molecule has 0 radical (unpaired) electrons. The number of amides is 1. The highest BCUT2D eigenvalue weighted by molar-refractivity contribution is 6.04. The summed E-state index contributed by atoms with van der Waals surface area (Å²) in [4.78, 5) is 21.6. The van der Waals surface area contributed by atoms with Gasteiger partial charge in [-0.2, -0.15) is 0 Å². The Kier molecular flexibility index (Phi) is 3.69. The minimum absolute atomic E-state index is 0.139. The van der Waals surface area contributed by atoms with Crippen LogP contribution in [-0.4, -0.2) is 10.8 Å². The van der Waals surface area contributed by atoms with E-state index in [0.29, 0.717) is 0 Å². The van der Waals surface area contributed by atoms with Crippen LogP contribution in [0.4, 0.5) is 20.2 Å². The lowest BCUT2D eigenvalue weighted by Gasteiger charge is -2.06. The van der Waals surface area contributed by atoms with Gasteiger partial charge in [0.25, 0.3) is 11.6 Å². The third kappa shape index (κ3) is 2.77. The Morgan fingerprint density at radius 3 is 2.35 bits per heavy atom. The molecule has 0 aliphatic heterocycles. The fraction of sp³-hybridized carbons (Fsp3) is 0. The Morgan fingerprint density at radius 1 is 1.10 bits per heavy atom. The molecule has 0 saturated carbocycles. The fourth-order valence-corrected chi connectivity index (χ4v) is 1.54. The monoisotopic (exact) mass is 278 g/mol. The molecule has 102 valence electrons. The molecule has 0 aliphatic rings. The van der Waals surface area contributed by atoms with Crippen molar-refractivity contribution < 1.29 is 18.5 Å². The second-order valence-electron chi connectivity index (χ2n) is 3.86. The number of non-ortho nitro benzene ring substituents is 1. The first kappa shape index (κ1) is 13.6. The number of hydrogen-bond acceptors (Lipinski definition) is 3. The summed E-state index contributed by atoms with van der Waals surface area (Å²) < 4.78 is 26.4. The molecule has 0 aliphatic carbocycles. The van der Waals surface area contributed by atoms with E-state index in [2.05, 4.69) is 5.32 Å². The molecule has 1 N–H and O–H groups in total. The van der Waals surface area contributed by atoms with Gasteiger partial charge in [-0.3, -0.25) is 14.9 Å². The van der Waals surface area contributed by atoms with Crippen molar-refractivity contribution in [3.8, 4) is 0 Å². The Bertz CT molecular complexity index is 672. The smallest absolute Gasteiger partial charge is 0.269 e. The number of rotatable bonds is 3. The van der Waals surface area contributed by atoms with Gasteiger partial charge in [0.1, 0.15) is 0 Å². The van der Waals surface area contributed by atoms with E-state index in [0.717, 1.165) is 12.1 Å². The molecule has 20 heavy (non-hydrogen) atoms. The van der Waals surface area contributed by atoms with Crippen LogP contribution < -0.4 is 5.32 Å². The van der Waals surface area contributed by atoms with E-state index in [4.69, 9.17) is 0 Å². The molecule has 0 bridgehead atoms. The summed E-state index contributed by atoms with van der Waals surface area (Å²) in [6, 6.07) is 8.23. The van der Waals surface area contributed by atoms with Crippen molar-refractivity contribution in [3.05, 3.63) is 69.8 Å². The lowest BCUT2D eigenvalue weighted by atomic mass is 10.2. The van der Waals surface area contributed by atoms with E-state index in [1.54, 1.807) is 0 Å². The van der Waals surface area contributed by atoms with E-state index in [-0.39, 0.29) is 11.4 Å². The van der Waals surface area contributed by atoms with Gasteiger partial charge in [0.2, 0.25) is 0 Å². The number of halogens is 2. The number of nitrogens with one attached hydrogen (secondary N) is 1. The van der Waals surface area contributed by atoms with Crippen LogP contribution in [-0.2, 0) is 0 Å². The van der Waals surface area contributed by atoms with E-state index >= 15 is 0 Å². The number of hydrogen-bond donors (Lipinski definition) is 1. The molecule has 0 atom stereocenters. The van der Waals surface area contributed by atoms with Gasteiger partial charge in [0.05, 0.1) is 10.5 Å². The van der Waals surface area contributed by atoms with Crippen molar-refractivity contribution in [2.24, 2.45) is 0 Å². The molecule has 0 unspecified atom stereocenters. The van der Waals surface area contributed by atoms with Gasteiger partial charge in [-0.15, -0.1) is 0 Å². The van der Waals surface area contributed by atoms with Gasteiger partial charge < -0.3 is 5.32 Å². The number of nitro groups is 1. The van der Waals surface area contributed by atoms with Crippen LogP contribution in [0.1, 0.15) is 10.4 Å². The van der Waals surface area contributed by atoms with Crippen LogP contribution in [0.5, 0.6) is 0 Å². The molecular formula is C13H8F2N2O3. The Labute approximate surface area is 112 Å². The fourth-order valence-electron chi connectivity index (χ4n) is 1.54. The predicted molar refractivity (Wildman–Crippen MR) is 67.4 cm³/mol. The third-order valence-electron chi connectivity index (χ3n) is 2.53. The summed E-state index contributed by atoms with van der Waals surface area (Å²) in [5.74, 6) is -3.20. The van der Waals surface area contributed by atoms with E-state index in [1.807, 2.05) is 0 Å². The largest absolute Gasteiger partial charge is 0.322 e. The van der Waals surface area contributed by atoms with Gasteiger partial charge >= 0.3 is 0 Å². The molecule has 0 spiro atoms. The SMILES string of the molecule is O=C(Nc1ccc([N+](=O)[O-])cc1)c1cccc(F)c1F. The number of carbonyl (C=O) groups is 1.